The molecule has 0 saturated carbocycles. The standard InChI is InChI=1S/C26H25N3O2/c1-17(2)30-22-10-5-19(6-11-22)21-9-14-25-28-24(15-27)26(29(25)16-21)20-7-12-23(13-8-20)31-18(3)4/h5-14,16-18H,1-4H3. The van der Waals surface area contributed by atoms with Gasteiger partial charge in [-0.25, -0.2) is 4.98 Å². The summed E-state index contributed by atoms with van der Waals surface area (Å²) in [6.07, 6.45) is 2.27. The van der Waals surface area contributed by atoms with Crippen LogP contribution in [-0.2, 0) is 0 Å². The van der Waals surface area contributed by atoms with E-state index >= 15 is 0 Å². The highest BCUT2D eigenvalue weighted by atomic mass is 16.5. The Bertz CT molecular complexity index is 1230. The summed E-state index contributed by atoms with van der Waals surface area (Å²) in [6, 6.07) is 22.0. The summed E-state index contributed by atoms with van der Waals surface area (Å²) in [5.74, 6) is 1.65. The molecule has 2 heterocycles. The van der Waals surface area contributed by atoms with Gasteiger partial charge >= 0.3 is 0 Å². The number of benzene rings is 2. The van der Waals surface area contributed by atoms with Gasteiger partial charge in [-0.05, 0) is 87.4 Å². The van der Waals surface area contributed by atoms with E-state index in [0.717, 1.165) is 39.5 Å². The van der Waals surface area contributed by atoms with Gasteiger partial charge in [-0.2, -0.15) is 5.26 Å². The fourth-order valence-electron chi connectivity index (χ4n) is 3.53. The van der Waals surface area contributed by atoms with Crippen LogP contribution in [0.3, 0.4) is 0 Å². The summed E-state index contributed by atoms with van der Waals surface area (Å²) in [5, 5.41) is 9.68. The normalized spacial score (nSPS) is 11.1. The highest BCUT2D eigenvalue weighted by Crippen LogP contribution is 2.30. The van der Waals surface area contributed by atoms with Gasteiger partial charge in [0.05, 0.1) is 17.9 Å². The maximum atomic E-state index is 9.68. The lowest BCUT2D eigenvalue weighted by Crippen LogP contribution is -2.05. The van der Waals surface area contributed by atoms with Crippen LogP contribution in [0, 0.1) is 11.3 Å². The Morgan fingerprint density at radius 2 is 1.26 bits per heavy atom. The number of ether oxygens (including phenoxy) is 2. The van der Waals surface area contributed by atoms with Crippen molar-refractivity contribution >= 4 is 5.65 Å². The third kappa shape index (κ3) is 4.39. The first-order valence-corrected chi connectivity index (χ1v) is 10.4. The number of hydrogen-bond acceptors (Lipinski definition) is 4. The van der Waals surface area contributed by atoms with Gasteiger partial charge in [0.2, 0.25) is 0 Å². The Labute approximate surface area is 182 Å². The smallest absolute Gasteiger partial charge is 0.167 e. The summed E-state index contributed by atoms with van der Waals surface area (Å²) in [7, 11) is 0. The van der Waals surface area contributed by atoms with Crippen molar-refractivity contribution in [3.8, 4) is 40.0 Å². The lowest BCUT2D eigenvalue weighted by molar-refractivity contribution is 0.242. The van der Waals surface area contributed by atoms with E-state index in [1.807, 2.05) is 99.0 Å². The molecule has 0 N–H and O–H groups in total. The van der Waals surface area contributed by atoms with Crippen LogP contribution in [0.15, 0.2) is 66.9 Å². The van der Waals surface area contributed by atoms with Crippen molar-refractivity contribution in [2.75, 3.05) is 0 Å². The van der Waals surface area contributed by atoms with Gasteiger partial charge in [-0.1, -0.05) is 12.1 Å². The Kier molecular flexibility index (Phi) is 5.64. The van der Waals surface area contributed by atoms with Crippen LogP contribution >= 0.6 is 0 Å². The molecule has 0 unspecified atom stereocenters. The molecule has 156 valence electrons. The SMILES string of the molecule is CC(C)Oc1ccc(-c2ccc3nc(C#N)c(-c4ccc(OC(C)C)cc4)n3c2)cc1. The van der Waals surface area contributed by atoms with Crippen LogP contribution in [0.1, 0.15) is 33.4 Å². The largest absolute Gasteiger partial charge is 0.491 e. The van der Waals surface area contributed by atoms with Crippen molar-refractivity contribution < 1.29 is 9.47 Å². The molecular formula is C26H25N3O2. The molecule has 5 nitrogen and oxygen atoms in total. The van der Waals surface area contributed by atoms with E-state index in [-0.39, 0.29) is 12.2 Å². The van der Waals surface area contributed by atoms with Crippen LogP contribution in [0.5, 0.6) is 11.5 Å². The van der Waals surface area contributed by atoms with E-state index in [4.69, 9.17) is 9.47 Å². The average molecular weight is 412 g/mol. The highest BCUT2D eigenvalue weighted by Gasteiger charge is 2.15. The Hall–Kier alpha value is -3.78. The summed E-state index contributed by atoms with van der Waals surface area (Å²) < 4.78 is 13.5. The first-order chi connectivity index (χ1) is 14.9. The van der Waals surface area contributed by atoms with Gasteiger partial charge < -0.3 is 9.47 Å². The molecular weight excluding hydrogens is 386 g/mol. The highest BCUT2D eigenvalue weighted by molar-refractivity contribution is 5.73. The van der Waals surface area contributed by atoms with Gasteiger partial charge in [-0.3, -0.25) is 4.40 Å². The quantitative estimate of drug-likeness (QED) is 0.384. The zero-order chi connectivity index (χ0) is 22.0. The molecule has 0 bridgehead atoms. The Morgan fingerprint density at radius 3 is 1.77 bits per heavy atom. The number of nitriles is 1. The third-order valence-electron chi connectivity index (χ3n) is 4.78. The lowest BCUT2D eigenvalue weighted by Gasteiger charge is -2.11. The van der Waals surface area contributed by atoms with E-state index in [0.29, 0.717) is 5.69 Å². The van der Waals surface area contributed by atoms with Gasteiger partial charge in [0, 0.05) is 11.8 Å². The van der Waals surface area contributed by atoms with Crippen LogP contribution in [0.25, 0.3) is 28.0 Å². The zero-order valence-corrected chi connectivity index (χ0v) is 18.2. The number of nitrogens with zero attached hydrogens (tertiary/aromatic N) is 3. The number of pyridine rings is 1. The Morgan fingerprint density at radius 1 is 0.742 bits per heavy atom. The minimum atomic E-state index is 0.108. The first kappa shape index (κ1) is 20.5. The van der Waals surface area contributed by atoms with Gasteiger partial charge in [0.15, 0.2) is 5.69 Å². The molecule has 5 heteroatoms. The molecule has 0 saturated heterocycles. The second-order valence-electron chi connectivity index (χ2n) is 7.95. The fourth-order valence-corrected chi connectivity index (χ4v) is 3.53. The van der Waals surface area contributed by atoms with Gasteiger partial charge in [-0.15, -0.1) is 0 Å². The van der Waals surface area contributed by atoms with Gasteiger partial charge in [0.1, 0.15) is 23.2 Å². The lowest BCUT2D eigenvalue weighted by atomic mass is 10.1. The molecule has 4 aromatic rings. The van der Waals surface area contributed by atoms with E-state index < -0.39 is 0 Å². The summed E-state index contributed by atoms with van der Waals surface area (Å²) in [4.78, 5) is 4.51. The molecule has 0 radical (unpaired) electrons. The van der Waals surface area contributed by atoms with Gasteiger partial charge in [0.25, 0.3) is 0 Å². The predicted octanol–water partition coefficient (Wildman–Crippen LogP) is 6.11. The maximum absolute atomic E-state index is 9.68. The number of fused-ring (bicyclic) bond motifs is 1. The van der Waals surface area contributed by atoms with Crippen LogP contribution in [0.4, 0.5) is 0 Å². The Balaban J connectivity index is 1.75. The minimum Gasteiger partial charge on any atom is -0.491 e. The molecule has 0 aliphatic carbocycles. The van der Waals surface area contributed by atoms with E-state index in [9.17, 15) is 5.26 Å². The number of hydrogen-bond donors (Lipinski definition) is 0. The number of aromatic nitrogens is 2. The first-order valence-electron chi connectivity index (χ1n) is 10.4. The average Bonchev–Trinajstić information content (AvgIpc) is 3.12. The van der Waals surface area contributed by atoms with Crippen molar-refractivity contribution in [1.29, 1.82) is 5.26 Å². The van der Waals surface area contributed by atoms with E-state index in [1.165, 1.54) is 0 Å². The van der Waals surface area contributed by atoms with Crippen molar-refractivity contribution in [3.63, 3.8) is 0 Å². The number of imidazole rings is 1. The molecule has 0 aliphatic rings. The van der Waals surface area contributed by atoms with Crippen LogP contribution < -0.4 is 9.47 Å². The van der Waals surface area contributed by atoms with Crippen molar-refractivity contribution in [3.05, 3.63) is 72.6 Å². The van der Waals surface area contributed by atoms with Crippen molar-refractivity contribution in [2.24, 2.45) is 0 Å². The van der Waals surface area contributed by atoms with Crippen molar-refractivity contribution in [2.45, 2.75) is 39.9 Å². The molecule has 0 aliphatic heterocycles. The van der Waals surface area contributed by atoms with Crippen LogP contribution in [0.2, 0.25) is 0 Å². The molecule has 0 amide bonds. The monoisotopic (exact) mass is 411 g/mol. The molecule has 4 rings (SSSR count). The van der Waals surface area contributed by atoms with Crippen molar-refractivity contribution in [1.82, 2.24) is 9.38 Å². The maximum Gasteiger partial charge on any atom is 0.167 e. The molecule has 2 aromatic carbocycles. The minimum absolute atomic E-state index is 0.108. The second kappa shape index (κ2) is 8.53. The van der Waals surface area contributed by atoms with Crippen LogP contribution in [-0.4, -0.2) is 21.6 Å². The molecule has 0 spiro atoms. The molecule has 0 fully saturated rings. The van der Waals surface area contributed by atoms with E-state index in [1.54, 1.807) is 0 Å². The summed E-state index contributed by atoms with van der Waals surface area (Å²) in [6.45, 7) is 8.01. The second-order valence-corrected chi connectivity index (χ2v) is 7.95. The molecule has 2 aromatic heterocycles. The zero-order valence-electron chi connectivity index (χ0n) is 18.2. The molecule has 0 atom stereocenters. The summed E-state index contributed by atoms with van der Waals surface area (Å²) in [5.41, 5.74) is 4.92. The third-order valence-corrected chi connectivity index (χ3v) is 4.78. The predicted molar refractivity (Wildman–Crippen MR) is 122 cm³/mol. The fraction of sp³-hybridized carbons (Fsp3) is 0.231. The van der Waals surface area contributed by atoms with E-state index in [2.05, 4.69) is 11.1 Å². The number of rotatable bonds is 6. The topological polar surface area (TPSA) is 59.5 Å². The molecule has 31 heavy (non-hydrogen) atoms. The summed E-state index contributed by atoms with van der Waals surface area (Å²) >= 11 is 0.